The lowest BCUT2D eigenvalue weighted by molar-refractivity contribution is -0.119. The minimum Gasteiger partial charge on any atom is -0.497 e. The van der Waals surface area contributed by atoms with Gasteiger partial charge >= 0.3 is 0 Å². The predicted molar refractivity (Wildman–Crippen MR) is 101 cm³/mol. The zero-order chi connectivity index (χ0) is 19.3. The molecule has 0 bridgehead atoms. The average Bonchev–Trinajstić information content (AvgIpc) is 2.62. The summed E-state index contributed by atoms with van der Waals surface area (Å²) in [6.45, 7) is 2.55. The third-order valence-corrected chi connectivity index (χ3v) is 4.25. The highest BCUT2D eigenvalue weighted by Crippen LogP contribution is 2.32. The number of hydrogen-bond acceptors (Lipinski definition) is 6. The van der Waals surface area contributed by atoms with Gasteiger partial charge in [0.2, 0.25) is 5.91 Å². The summed E-state index contributed by atoms with van der Waals surface area (Å²) in [4.78, 5) is 25.7. The maximum absolute atomic E-state index is 12.0. The van der Waals surface area contributed by atoms with E-state index in [0.717, 1.165) is 0 Å². The number of aromatic amines is 1. The van der Waals surface area contributed by atoms with Gasteiger partial charge in [-0.15, -0.1) is 0 Å². The fourth-order valence-electron chi connectivity index (χ4n) is 2.47. The molecule has 1 amide bonds. The van der Waals surface area contributed by atoms with E-state index in [1.165, 1.54) is 6.07 Å². The molecule has 0 spiro atoms. The highest BCUT2D eigenvalue weighted by molar-refractivity contribution is 7.71. The summed E-state index contributed by atoms with van der Waals surface area (Å²) >= 11 is 5.31. The number of nitrogens with zero attached hydrogens (tertiary/aromatic N) is 1. The highest BCUT2D eigenvalue weighted by Gasteiger charge is 2.14. The SMILES string of the molecule is COc1ccc(-c2cc(=O)[nH]c(=S)n2CCN[C@@H](C)C(N)=O)c(OC)c1. The Bertz CT molecular complexity index is 906. The van der Waals surface area contributed by atoms with E-state index in [1.54, 1.807) is 43.9 Å². The van der Waals surface area contributed by atoms with Crippen LogP contribution in [0.2, 0.25) is 0 Å². The number of nitrogens with two attached hydrogens (primary N) is 1. The van der Waals surface area contributed by atoms with Crippen molar-refractivity contribution >= 4 is 18.1 Å². The number of amides is 1. The van der Waals surface area contributed by atoms with Gasteiger partial charge in [0, 0.05) is 30.8 Å². The minimum atomic E-state index is -0.467. The summed E-state index contributed by atoms with van der Waals surface area (Å²) in [5, 5.41) is 3.01. The second-order valence-electron chi connectivity index (χ2n) is 5.62. The number of primary amides is 1. The second kappa shape index (κ2) is 8.63. The van der Waals surface area contributed by atoms with E-state index >= 15 is 0 Å². The number of carbonyl (C=O) groups excluding carboxylic acids is 1. The lowest BCUT2D eigenvalue weighted by Crippen LogP contribution is -2.40. The Kier molecular flexibility index (Phi) is 6.53. The molecule has 0 saturated carbocycles. The zero-order valence-corrected chi connectivity index (χ0v) is 15.7. The molecule has 9 heteroatoms. The van der Waals surface area contributed by atoms with Gasteiger partial charge in [0.1, 0.15) is 11.5 Å². The van der Waals surface area contributed by atoms with Gasteiger partial charge in [-0.25, -0.2) is 0 Å². The summed E-state index contributed by atoms with van der Waals surface area (Å²) in [5.74, 6) is 0.751. The van der Waals surface area contributed by atoms with Crippen molar-refractivity contribution in [3.05, 3.63) is 39.4 Å². The van der Waals surface area contributed by atoms with Gasteiger partial charge < -0.3 is 25.1 Å². The van der Waals surface area contributed by atoms with Gasteiger partial charge in [-0.1, -0.05) is 0 Å². The maximum atomic E-state index is 12.0. The molecule has 1 aromatic heterocycles. The molecule has 0 aliphatic heterocycles. The Balaban J connectivity index is 2.44. The largest absolute Gasteiger partial charge is 0.497 e. The average molecular weight is 378 g/mol. The van der Waals surface area contributed by atoms with Crippen molar-refractivity contribution in [3.8, 4) is 22.8 Å². The third-order valence-electron chi connectivity index (χ3n) is 3.93. The van der Waals surface area contributed by atoms with Crippen LogP contribution in [-0.2, 0) is 11.3 Å². The van der Waals surface area contributed by atoms with Crippen LogP contribution in [0.1, 0.15) is 6.92 Å². The molecule has 1 atom stereocenters. The van der Waals surface area contributed by atoms with E-state index < -0.39 is 11.9 Å². The van der Waals surface area contributed by atoms with Crippen LogP contribution >= 0.6 is 12.2 Å². The first kappa shape index (κ1) is 19.7. The van der Waals surface area contributed by atoms with E-state index in [4.69, 9.17) is 27.4 Å². The first-order valence-corrected chi connectivity index (χ1v) is 8.37. The molecule has 0 saturated heterocycles. The molecule has 0 radical (unpaired) electrons. The number of rotatable bonds is 8. The monoisotopic (exact) mass is 378 g/mol. The Hall–Kier alpha value is -2.65. The molecule has 2 rings (SSSR count). The Labute approximate surface area is 155 Å². The van der Waals surface area contributed by atoms with Gasteiger partial charge in [0.15, 0.2) is 4.77 Å². The summed E-state index contributed by atoms with van der Waals surface area (Å²) in [5.41, 5.74) is 6.24. The molecule has 2 aromatic rings. The highest BCUT2D eigenvalue weighted by atomic mass is 32.1. The minimum absolute atomic E-state index is 0.277. The number of H-pyrrole nitrogens is 1. The predicted octanol–water partition coefficient (Wildman–Crippen LogP) is 1.05. The van der Waals surface area contributed by atoms with Crippen LogP contribution in [0.3, 0.4) is 0 Å². The van der Waals surface area contributed by atoms with Crippen molar-refractivity contribution in [1.82, 2.24) is 14.9 Å². The molecule has 0 aliphatic carbocycles. The molecular formula is C17H22N4O4S. The fourth-order valence-corrected chi connectivity index (χ4v) is 2.76. The first-order valence-electron chi connectivity index (χ1n) is 7.96. The smallest absolute Gasteiger partial charge is 0.252 e. The normalized spacial score (nSPS) is 11.8. The Morgan fingerprint density at radius 1 is 1.35 bits per heavy atom. The van der Waals surface area contributed by atoms with Gasteiger partial charge in [-0.05, 0) is 31.3 Å². The molecule has 1 aromatic carbocycles. The molecule has 140 valence electrons. The van der Waals surface area contributed by atoms with Crippen LogP contribution in [0.4, 0.5) is 0 Å². The quantitative estimate of drug-likeness (QED) is 0.592. The van der Waals surface area contributed by atoms with Crippen LogP contribution in [0.25, 0.3) is 11.3 Å². The van der Waals surface area contributed by atoms with E-state index in [1.807, 2.05) is 0 Å². The number of methoxy groups -OCH3 is 2. The van der Waals surface area contributed by atoms with Crippen molar-refractivity contribution in [3.63, 3.8) is 0 Å². The van der Waals surface area contributed by atoms with Crippen molar-refractivity contribution in [1.29, 1.82) is 0 Å². The second-order valence-corrected chi connectivity index (χ2v) is 6.01. The number of aromatic nitrogens is 2. The zero-order valence-electron chi connectivity index (χ0n) is 14.9. The van der Waals surface area contributed by atoms with Crippen molar-refractivity contribution in [2.75, 3.05) is 20.8 Å². The van der Waals surface area contributed by atoms with Crippen molar-refractivity contribution < 1.29 is 14.3 Å². The van der Waals surface area contributed by atoms with E-state index in [2.05, 4.69) is 10.3 Å². The Morgan fingerprint density at radius 2 is 2.08 bits per heavy atom. The van der Waals surface area contributed by atoms with Gasteiger partial charge in [0.25, 0.3) is 5.56 Å². The number of hydrogen-bond donors (Lipinski definition) is 3. The van der Waals surface area contributed by atoms with Crippen molar-refractivity contribution in [2.24, 2.45) is 5.73 Å². The molecule has 0 aliphatic rings. The number of benzene rings is 1. The van der Waals surface area contributed by atoms with E-state index in [9.17, 15) is 9.59 Å². The molecule has 0 unspecified atom stereocenters. The standard InChI is InChI=1S/C17H22N4O4S/c1-10(16(18)23)19-6-7-21-13(9-15(22)20-17(21)26)12-5-4-11(24-2)8-14(12)25-3/h4-5,8-10,19H,6-7H2,1-3H3,(H2,18,23)(H,20,22,26)/t10-/m0/s1. The Morgan fingerprint density at radius 3 is 2.69 bits per heavy atom. The number of nitrogens with one attached hydrogen (secondary N) is 2. The number of carbonyl (C=O) groups is 1. The van der Waals surface area contributed by atoms with E-state index in [0.29, 0.717) is 35.8 Å². The van der Waals surface area contributed by atoms with Crippen LogP contribution < -0.4 is 26.1 Å². The van der Waals surface area contributed by atoms with Gasteiger partial charge in [-0.2, -0.15) is 0 Å². The summed E-state index contributed by atoms with van der Waals surface area (Å²) in [6, 6.07) is 6.30. The van der Waals surface area contributed by atoms with Crippen LogP contribution in [0, 0.1) is 4.77 Å². The van der Waals surface area contributed by atoms with Crippen LogP contribution in [0.5, 0.6) is 11.5 Å². The summed E-state index contributed by atoms with van der Waals surface area (Å²) < 4.78 is 12.7. The lowest BCUT2D eigenvalue weighted by atomic mass is 10.1. The summed E-state index contributed by atoms with van der Waals surface area (Å²) in [6.07, 6.45) is 0. The summed E-state index contributed by atoms with van der Waals surface area (Å²) in [7, 11) is 3.11. The molecule has 1 heterocycles. The first-order chi connectivity index (χ1) is 12.4. The third kappa shape index (κ3) is 4.50. The van der Waals surface area contributed by atoms with Gasteiger partial charge in [0.05, 0.1) is 26.0 Å². The molecule has 26 heavy (non-hydrogen) atoms. The molecule has 4 N–H and O–H groups in total. The van der Waals surface area contributed by atoms with Crippen molar-refractivity contribution in [2.45, 2.75) is 19.5 Å². The topological polar surface area (TPSA) is 111 Å². The molecule has 8 nitrogen and oxygen atoms in total. The van der Waals surface area contributed by atoms with Gasteiger partial charge in [-0.3, -0.25) is 14.6 Å². The van der Waals surface area contributed by atoms with Crippen LogP contribution in [0.15, 0.2) is 29.1 Å². The molecule has 0 fully saturated rings. The van der Waals surface area contributed by atoms with E-state index in [-0.39, 0.29) is 10.3 Å². The molecular weight excluding hydrogens is 356 g/mol. The maximum Gasteiger partial charge on any atom is 0.252 e. The number of ether oxygens (including phenoxy) is 2. The fraction of sp³-hybridized carbons (Fsp3) is 0.353. The lowest BCUT2D eigenvalue weighted by Gasteiger charge is -2.17. The van der Waals surface area contributed by atoms with Crippen LogP contribution in [-0.4, -0.2) is 42.3 Å².